The minimum atomic E-state index is -0.213. The van der Waals surface area contributed by atoms with E-state index < -0.39 is 0 Å². The van der Waals surface area contributed by atoms with Crippen molar-refractivity contribution in [3.63, 3.8) is 0 Å². The van der Waals surface area contributed by atoms with E-state index in [9.17, 15) is 4.79 Å². The summed E-state index contributed by atoms with van der Waals surface area (Å²) in [4.78, 5) is 16.4. The molecule has 1 amide bonds. The molecule has 0 radical (unpaired) electrons. The number of nitrogens with zero attached hydrogens (tertiary/aromatic N) is 3. The molecule has 6 nitrogen and oxygen atoms in total. The molecule has 4 rings (SSSR count). The lowest BCUT2D eigenvalue weighted by atomic mass is 10.2. The van der Waals surface area contributed by atoms with Gasteiger partial charge in [-0.3, -0.25) is 15.1 Å². The van der Waals surface area contributed by atoms with Gasteiger partial charge in [0.15, 0.2) is 0 Å². The van der Waals surface area contributed by atoms with Gasteiger partial charge < -0.3 is 4.74 Å². The van der Waals surface area contributed by atoms with Crippen molar-refractivity contribution in [2.45, 2.75) is 31.8 Å². The van der Waals surface area contributed by atoms with Gasteiger partial charge in [0.05, 0.1) is 6.10 Å². The van der Waals surface area contributed by atoms with E-state index in [0.717, 1.165) is 29.2 Å². The van der Waals surface area contributed by atoms with E-state index in [0.29, 0.717) is 16.8 Å². The number of anilines is 1. The summed E-state index contributed by atoms with van der Waals surface area (Å²) < 4.78 is 5.92. The first-order valence-electron chi connectivity index (χ1n) is 8.60. The molecule has 1 aliphatic carbocycles. The van der Waals surface area contributed by atoms with Gasteiger partial charge in [0, 0.05) is 23.5 Å². The Morgan fingerprint density at radius 3 is 2.50 bits per heavy atom. The van der Waals surface area contributed by atoms with Crippen LogP contribution < -0.4 is 10.1 Å². The predicted molar refractivity (Wildman–Crippen MR) is 100 cm³/mol. The van der Waals surface area contributed by atoms with Gasteiger partial charge in [-0.25, -0.2) is 0 Å². The van der Waals surface area contributed by atoms with Crippen LogP contribution in [0.3, 0.4) is 0 Å². The number of nitrogens with one attached hydrogen (secondary N) is 1. The Labute approximate surface area is 155 Å². The highest BCUT2D eigenvalue weighted by atomic mass is 32.1. The maximum Gasteiger partial charge on any atom is 0.257 e. The Morgan fingerprint density at radius 1 is 1.04 bits per heavy atom. The van der Waals surface area contributed by atoms with Gasteiger partial charge in [0.2, 0.25) is 5.13 Å². The van der Waals surface area contributed by atoms with Gasteiger partial charge in [0.25, 0.3) is 5.91 Å². The van der Waals surface area contributed by atoms with Gasteiger partial charge >= 0.3 is 0 Å². The lowest BCUT2D eigenvalue weighted by Crippen LogP contribution is -2.13. The van der Waals surface area contributed by atoms with Crippen LogP contribution >= 0.6 is 11.3 Å². The van der Waals surface area contributed by atoms with Gasteiger partial charge in [0.1, 0.15) is 10.8 Å². The third-order valence-electron chi connectivity index (χ3n) is 4.29. The fraction of sp³-hybridized carbons (Fsp3) is 0.263. The van der Waals surface area contributed by atoms with Crippen molar-refractivity contribution in [3.8, 4) is 16.3 Å². The summed E-state index contributed by atoms with van der Waals surface area (Å²) in [5, 5.41) is 12.1. The fourth-order valence-electron chi connectivity index (χ4n) is 2.94. The molecule has 0 spiro atoms. The monoisotopic (exact) mass is 366 g/mol. The first-order valence-corrected chi connectivity index (χ1v) is 9.41. The second kappa shape index (κ2) is 7.61. The number of hydrogen-bond acceptors (Lipinski definition) is 6. The summed E-state index contributed by atoms with van der Waals surface area (Å²) in [5.41, 5.74) is 1.48. The van der Waals surface area contributed by atoms with Crippen LogP contribution in [0.25, 0.3) is 10.6 Å². The highest BCUT2D eigenvalue weighted by Gasteiger charge is 2.17. The Morgan fingerprint density at radius 2 is 1.77 bits per heavy atom. The zero-order valence-corrected chi connectivity index (χ0v) is 14.9. The van der Waals surface area contributed by atoms with Crippen LogP contribution in [0.4, 0.5) is 5.13 Å². The van der Waals surface area contributed by atoms with Crippen LogP contribution in [0.15, 0.2) is 48.8 Å². The average molecular weight is 366 g/mol. The van der Waals surface area contributed by atoms with E-state index in [-0.39, 0.29) is 5.91 Å². The number of amides is 1. The number of benzene rings is 1. The van der Waals surface area contributed by atoms with Crippen molar-refractivity contribution >= 4 is 22.4 Å². The van der Waals surface area contributed by atoms with Crippen molar-refractivity contribution in [2.75, 3.05) is 5.32 Å². The van der Waals surface area contributed by atoms with Crippen LogP contribution in [-0.4, -0.2) is 27.2 Å². The molecule has 7 heteroatoms. The minimum Gasteiger partial charge on any atom is -0.490 e. The molecule has 0 atom stereocenters. The number of rotatable bonds is 5. The van der Waals surface area contributed by atoms with Gasteiger partial charge in [-0.2, -0.15) is 0 Å². The Kier molecular flexibility index (Phi) is 4.88. The first kappa shape index (κ1) is 16.7. The summed E-state index contributed by atoms with van der Waals surface area (Å²) in [5.74, 6) is 0.596. The standard InChI is InChI=1S/C19H18N4O2S/c24-17(13-5-7-16(8-6-13)25-15-3-1-2-4-15)21-19-23-22-18(26-19)14-9-11-20-12-10-14/h5-12,15H,1-4H2,(H,21,23,24). The van der Waals surface area contributed by atoms with Crippen LogP contribution in [0.1, 0.15) is 36.0 Å². The number of carbonyl (C=O) groups is 1. The summed E-state index contributed by atoms with van der Waals surface area (Å²) in [6.07, 6.45) is 8.39. The molecule has 0 unspecified atom stereocenters. The third-order valence-corrected chi connectivity index (χ3v) is 5.18. The number of aromatic nitrogens is 3. The summed E-state index contributed by atoms with van der Waals surface area (Å²) >= 11 is 1.33. The van der Waals surface area contributed by atoms with Crippen LogP contribution in [-0.2, 0) is 0 Å². The second-order valence-electron chi connectivity index (χ2n) is 6.15. The quantitative estimate of drug-likeness (QED) is 0.733. The summed E-state index contributed by atoms with van der Waals surface area (Å²) in [7, 11) is 0. The van der Waals surface area contributed by atoms with Crippen molar-refractivity contribution in [1.29, 1.82) is 0 Å². The van der Waals surface area contributed by atoms with E-state index in [2.05, 4.69) is 20.5 Å². The molecule has 0 bridgehead atoms. The Bertz CT molecular complexity index is 874. The van der Waals surface area contributed by atoms with Crippen molar-refractivity contribution in [1.82, 2.24) is 15.2 Å². The number of ether oxygens (including phenoxy) is 1. The molecule has 1 aromatic carbocycles. The molecule has 1 aliphatic rings. The summed E-state index contributed by atoms with van der Waals surface area (Å²) in [6, 6.07) is 10.9. The molecule has 1 N–H and O–H groups in total. The molecule has 1 saturated carbocycles. The Hall–Kier alpha value is -2.80. The van der Waals surface area contributed by atoms with E-state index in [1.54, 1.807) is 24.5 Å². The van der Waals surface area contributed by atoms with Crippen molar-refractivity contribution in [3.05, 3.63) is 54.4 Å². The minimum absolute atomic E-state index is 0.213. The highest BCUT2D eigenvalue weighted by molar-refractivity contribution is 7.18. The summed E-state index contributed by atoms with van der Waals surface area (Å²) in [6.45, 7) is 0. The van der Waals surface area contributed by atoms with Crippen LogP contribution in [0, 0.1) is 0 Å². The maximum atomic E-state index is 12.4. The van der Waals surface area contributed by atoms with E-state index >= 15 is 0 Å². The third kappa shape index (κ3) is 3.88. The van der Waals surface area contributed by atoms with Crippen molar-refractivity contribution < 1.29 is 9.53 Å². The molecule has 3 aromatic rings. The molecule has 132 valence electrons. The molecule has 2 aromatic heterocycles. The average Bonchev–Trinajstić information content (AvgIpc) is 3.35. The maximum absolute atomic E-state index is 12.4. The van der Waals surface area contributed by atoms with Crippen LogP contribution in [0.5, 0.6) is 5.75 Å². The van der Waals surface area contributed by atoms with Crippen LogP contribution in [0.2, 0.25) is 0 Å². The lowest BCUT2D eigenvalue weighted by Gasteiger charge is -2.13. The largest absolute Gasteiger partial charge is 0.490 e. The zero-order chi connectivity index (χ0) is 17.8. The molecule has 2 heterocycles. The Balaban J connectivity index is 1.39. The molecule has 0 saturated heterocycles. The van der Waals surface area contributed by atoms with E-state index in [1.165, 1.54) is 24.2 Å². The number of pyridine rings is 1. The van der Waals surface area contributed by atoms with E-state index in [1.807, 2.05) is 24.3 Å². The van der Waals surface area contributed by atoms with Crippen molar-refractivity contribution in [2.24, 2.45) is 0 Å². The van der Waals surface area contributed by atoms with Gasteiger partial charge in [-0.1, -0.05) is 11.3 Å². The number of carbonyl (C=O) groups excluding carboxylic acids is 1. The van der Waals surface area contributed by atoms with Gasteiger partial charge in [-0.05, 0) is 62.1 Å². The zero-order valence-electron chi connectivity index (χ0n) is 14.1. The topological polar surface area (TPSA) is 77.0 Å². The highest BCUT2D eigenvalue weighted by Crippen LogP contribution is 2.27. The molecular weight excluding hydrogens is 348 g/mol. The molecule has 0 aliphatic heterocycles. The number of hydrogen-bond donors (Lipinski definition) is 1. The molecular formula is C19H18N4O2S. The SMILES string of the molecule is O=C(Nc1nnc(-c2ccncc2)s1)c1ccc(OC2CCCC2)cc1. The normalized spacial score (nSPS) is 14.3. The first-order chi connectivity index (χ1) is 12.8. The van der Waals surface area contributed by atoms with Gasteiger partial charge in [-0.15, -0.1) is 10.2 Å². The fourth-order valence-corrected chi connectivity index (χ4v) is 3.68. The predicted octanol–water partition coefficient (Wildman–Crippen LogP) is 4.17. The second-order valence-corrected chi connectivity index (χ2v) is 7.13. The molecule has 26 heavy (non-hydrogen) atoms. The molecule has 1 fully saturated rings. The lowest BCUT2D eigenvalue weighted by molar-refractivity contribution is 0.102. The smallest absolute Gasteiger partial charge is 0.257 e. The van der Waals surface area contributed by atoms with E-state index in [4.69, 9.17) is 4.74 Å².